The Labute approximate surface area is 189 Å². The van der Waals surface area contributed by atoms with Gasteiger partial charge in [-0.2, -0.15) is 0 Å². The van der Waals surface area contributed by atoms with E-state index in [-0.39, 0.29) is 0 Å². The van der Waals surface area contributed by atoms with Crippen LogP contribution in [0.15, 0.2) is 47.6 Å². The third kappa shape index (κ3) is 5.93. The number of thioether (sulfide) groups is 1. The van der Waals surface area contributed by atoms with Gasteiger partial charge in [0.05, 0.1) is 0 Å². The van der Waals surface area contributed by atoms with Gasteiger partial charge in [-0.05, 0) is 112 Å². The largest absolute Gasteiger partial charge is 0.228 e. The van der Waals surface area contributed by atoms with Crippen molar-refractivity contribution in [3.05, 3.63) is 47.6 Å². The van der Waals surface area contributed by atoms with Gasteiger partial charge < -0.3 is 0 Å². The van der Waals surface area contributed by atoms with Crippen molar-refractivity contribution in [3.8, 4) is 0 Å². The van der Waals surface area contributed by atoms with Gasteiger partial charge in [0.2, 0.25) is 0 Å². The smallest absolute Gasteiger partial charge is 0.171 e. The summed E-state index contributed by atoms with van der Waals surface area (Å²) in [6.07, 6.45) is 23.6. The Hall–Kier alpha value is -0.760. The fourth-order valence-electron chi connectivity index (χ4n) is 6.04. The predicted molar refractivity (Wildman–Crippen MR) is 133 cm³/mol. The second-order valence-electron chi connectivity index (χ2n) is 10.3. The Balaban J connectivity index is 1.63. The van der Waals surface area contributed by atoms with Gasteiger partial charge >= 0.3 is 0 Å². The van der Waals surface area contributed by atoms with Crippen LogP contribution in [0.1, 0.15) is 97.8 Å². The molecule has 0 nitrogen and oxygen atoms in total. The molecule has 3 fully saturated rings. The fourth-order valence-corrected chi connectivity index (χ4v) is 7.06. The van der Waals surface area contributed by atoms with Crippen molar-refractivity contribution in [1.29, 1.82) is 0 Å². The van der Waals surface area contributed by atoms with Crippen LogP contribution in [0.5, 0.6) is 0 Å². The van der Waals surface area contributed by atoms with Crippen molar-refractivity contribution >= 4 is 11.8 Å². The van der Waals surface area contributed by atoms with Gasteiger partial charge in [-0.1, -0.05) is 56.2 Å². The van der Waals surface area contributed by atoms with Crippen molar-refractivity contribution in [2.75, 3.05) is 5.75 Å². The van der Waals surface area contributed by atoms with Gasteiger partial charge in [-0.25, -0.2) is 4.39 Å². The second kappa shape index (κ2) is 10.7. The summed E-state index contributed by atoms with van der Waals surface area (Å²) in [6.45, 7) is 10.7. The van der Waals surface area contributed by atoms with Crippen LogP contribution in [-0.4, -0.2) is 10.8 Å². The number of halogens is 1. The summed E-state index contributed by atoms with van der Waals surface area (Å²) in [7, 11) is 0. The molecule has 0 bridgehead atoms. The van der Waals surface area contributed by atoms with E-state index >= 15 is 0 Å². The molecule has 0 aromatic heterocycles. The average molecular weight is 431 g/mol. The number of alkyl halides is 1. The molecule has 0 heterocycles. The van der Waals surface area contributed by atoms with Crippen LogP contribution in [-0.2, 0) is 0 Å². The van der Waals surface area contributed by atoms with Crippen molar-refractivity contribution < 1.29 is 4.39 Å². The van der Waals surface area contributed by atoms with Gasteiger partial charge in [-0.3, -0.25) is 0 Å². The minimum absolute atomic E-state index is 0.387. The molecule has 3 aliphatic rings. The Morgan fingerprint density at radius 2 is 1.97 bits per heavy atom. The number of hydrogen-bond donors (Lipinski definition) is 0. The lowest BCUT2D eigenvalue weighted by Gasteiger charge is -2.42. The SMILES string of the molecule is C=C1CCCC/C1=C/C=C1\CCCC2(C)C(C/C=C/[C@](C)(F)SCCCC)CC[C@@H]12. The van der Waals surface area contributed by atoms with Crippen LogP contribution < -0.4 is 0 Å². The molecule has 0 N–H and O–H groups in total. The molecule has 3 saturated carbocycles. The molecular formula is C28H43FS. The minimum Gasteiger partial charge on any atom is -0.228 e. The summed E-state index contributed by atoms with van der Waals surface area (Å²) < 4.78 is 14.7. The highest BCUT2D eigenvalue weighted by atomic mass is 32.2. The van der Waals surface area contributed by atoms with Crippen LogP contribution >= 0.6 is 11.8 Å². The van der Waals surface area contributed by atoms with E-state index in [0.29, 0.717) is 17.3 Å². The Kier molecular flexibility index (Phi) is 8.53. The normalized spacial score (nSPS) is 34.6. The molecule has 0 amide bonds. The van der Waals surface area contributed by atoms with Gasteiger partial charge in [0, 0.05) is 0 Å². The lowest BCUT2D eigenvalue weighted by atomic mass is 9.63. The molecule has 2 unspecified atom stereocenters. The van der Waals surface area contributed by atoms with Crippen molar-refractivity contribution in [3.63, 3.8) is 0 Å². The molecule has 168 valence electrons. The first-order valence-corrected chi connectivity index (χ1v) is 13.4. The maximum atomic E-state index is 14.7. The first-order chi connectivity index (χ1) is 14.4. The number of rotatable bonds is 8. The average Bonchev–Trinajstić information content (AvgIpc) is 3.04. The zero-order valence-corrected chi connectivity index (χ0v) is 20.5. The van der Waals surface area contributed by atoms with E-state index in [2.05, 4.69) is 38.7 Å². The molecule has 0 spiro atoms. The summed E-state index contributed by atoms with van der Waals surface area (Å²) in [4.78, 5) is 0. The molecule has 2 heteroatoms. The summed E-state index contributed by atoms with van der Waals surface area (Å²) in [5.74, 6) is 2.32. The highest BCUT2D eigenvalue weighted by molar-refractivity contribution is 8.00. The number of allylic oxidation sites excluding steroid dienone is 6. The molecule has 0 aromatic carbocycles. The monoisotopic (exact) mass is 430 g/mol. The van der Waals surface area contributed by atoms with E-state index in [1.807, 2.05) is 6.08 Å². The Morgan fingerprint density at radius 3 is 2.73 bits per heavy atom. The van der Waals surface area contributed by atoms with Crippen LogP contribution in [0, 0.1) is 17.3 Å². The van der Waals surface area contributed by atoms with Gasteiger partial charge in [-0.15, -0.1) is 11.8 Å². The van der Waals surface area contributed by atoms with Crippen LogP contribution in [0.4, 0.5) is 4.39 Å². The molecular weight excluding hydrogens is 387 g/mol. The van der Waals surface area contributed by atoms with Crippen LogP contribution in [0.2, 0.25) is 0 Å². The van der Waals surface area contributed by atoms with Crippen molar-refractivity contribution in [1.82, 2.24) is 0 Å². The predicted octanol–water partition coefficient (Wildman–Crippen LogP) is 9.35. The van der Waals surface area contributed by atoms with E-state index in [4.69, 9.17) is 0 Å². The maximum Gasteiger partial charge on any atom is 0.171 e. The number of fused-ring (bicyclic) bond motifs is 1. The molecule has 0 aliphatic heterocycles. The Bertz CT molecular complexity index is 683. The fraction of sp³-hybridized carbons (Fsp3) is 0.714. The summed E-state index contributed by atoms with van der Waals surface area (Å²) >= 11 is 1.45. The third-order valence-corrected chi connectivity index (χ3v) is 9.20. The number of hydrogen-bond acceptors (Lipinski definition) is 1. The molecule has 3 aliphatic carbocycles. The van der Waals surface area contributed by atoms with E-state index in [1.165, 1.54) is 80.7 Å². The van der Waals surface area contributed by atoms with Gasteiger partial charge in [0.1, 0.15) is 0 Å². The molecule has 30 heavy (non-hydrogen) atoms. The van der Waals surface area contributed by atoms with Crippen molar-refractivity contribution in [2.45, 2.75) is 103 Å². The molecule has 4 atom stereocenters. The van der Waals surface area contributed by atoms with Crippen LogP contribution in [0.25, 0.3) is 0 Å². The summed E-state index contributed by atoms with van der Waals surface area (Å²) in [6, 6.07) is 0. The van der Waals surface area contributed by atoms with Gasteiger partial charge in [0.25, 0.3) is 0 Å². The summed E-state index contributed by atoms with van der Waals surface area (Å²) in [5.41, 5.74) is 4.91. The van der Waals surface area contributed by atoms with E-state index < -0.39 is 5.00 Å². The first-order valence-electron chi connectivity index (χ1n) is 12.4. The lowest BCUT2D eigenvalue weighted by Crippen LogP contribution is -2.33. The van der Waals surface area contributed by atoms with E-state index in [9.17, 15) is 4.39 Å². The van der Waals surface area contributed by atoms with Crippen LogP contribution in [0.3, 0.4) is 0 Å². The highest BCUT2D eigenvalue weighted by Crippen LogP contribution is 2.58. The molecule has 0 aromatic rings. The topological polar surface area (TPSA) is 0 Å². The third-order valence-electron chi connectivity index (χ3n) is 8.01. The minimum atomic E-state index is -1.22. The summed E-state index contributed by atoms with van der Waals surface area (Å²) in [5, 5.41) is -1.22. The quantitative estimate of drug-likeness (QED) is 0.273. The molecule has 0 saturated heterocycles. The second-order valence-corrected chi connectivity index (χ2v) is 11.8. The first kappa shape index (κ1) is 23.9. The van der Waals surface area contributed by atoms with Gasteiger partial charge in [0.15, 0.2) is 5.00 Å². The van der Waals surface area contributed by atoms with Crippen molar-refractivity contribution in [2.24, 2.45) is 17.3 Å². The van der Waals surface area contributed by atoms with E-state index in [1.54, 1.807) is 12.5 Å². The highest BCUT2D eigenvalue weighted by Gasteiger charge is 2.48. The number of unbranched alkanes of at least 4 members (excludes halogenated alkanes) is 1. The lowest BCUT2D eigenvalue weighted by molar-refractivity contribution is 0.137. The van der Waals surface area contributed by atoms with E-state index in [0.717, 1.165) is 25.0 Å². The zero-order valence-electron chi connectivity index (χ0n) is 19.6. The zero-order chi connectivity index (χ0) is 21.6. The Morgan fingerprint density at radius 1 is 1.17 bits per heavy atom. The molecule has 3 rings (SSSR count). The maximum absolute atomic E-state index is 14.7. The molecule has 0 radical (unpaired) electrons. The standard InChI is InChI=1S/C28H43FS/c1-5-6-21-30-28(4,29)20-10-14-25-17-18-26-24(13-9-19-27(25,26)3)16-15-23-12-8-7-11-22(23)2/h10,15-16,20,25-26H,2,5-9,11-14,17-19,21H2,1,3-4H3/b20-10+,23-15-,24-16+/t25?,26-,27?,28+/m0/s1.